The van der Waals surface area contributed by atoms with Crippen molar-refractivity contribution in [1.29, 1.82) is 0 Å². The van der Waals surface area contributed by atoms with Gasteiger partial charge in [-0.1, -0.05) is 11.6 Å². The number of nitrogens with zero attached hydrogens (tertiary/aromatic N) is 5. The SMILES string of the molecule is O=C(C1CC1)N1CC2(CC(c3nnc4n3-c3ccc(Cl)cc3CN(C(=O)C3(F)CC3)C4)C2)C1. The average Bonchev–Trinajstić information content (AvgIpc) is 3.65. The first kappa shape index (κ1) is 19.9. The van der Waals surface area contributed by atoms with Gasteiger partial charge in [-0.05, 0) is 62.3 Å². The van der Waals surface area contributed by atoms with E-state index in [1.54, 1.807) is 4.90 Å². The summed E-state index contributed by atoms with van der Waals surface area (Å²) >= 11 is 6.28. The molecule has 2 aliphatic heterocycles. The Morgan fingerprint density at radius 3 is 2.52 bits per heavy atom. The molecule has 1 spiro atoms. The van der Waals surface area contributed by atoms with E-state index in [9.17, 15) is 14.0 Å². The highest BCUT2D eigenvalue weighted by molar-refractivity contribution is 6.30. The van der Waals surface area contributed by atoms with Crippen LogP contribution in [0.15, 0.2) is 18.2 Å². The largest absolute Gasteiger partial charge is 0.341 e. The fourth-order valence-electron chi connectivity index (χ4n) is 5.98. The lowest BCUT2D eigenvalue weighted by Gasteiger charge is -2.58. The van der Waals surface area contributed by atoms with Crippen molar-refractivity contribution < 1.29 is 14.0 Å². The minimum Gasteiger partial charge on any atom is -0.341 e. The number of halogens is 2. The zero-order chi connectivity index (χ0) is 22.5. The van der Waals surface area contributed by atoms with E-state index in [1.165, 1.54) is 0 Å². The van der Waals surface area contributed by atoms with E-state index in [2.05, 4.69) is 14.8 Å². The van der Waals surface area contributed by atoms with Gasteiger partial charge >= 0.3 is 0 Å². The molecule has 7 nitrogen and oxygen atoms in total. The van der Waals surface area contributed by atoms with Crippen LogP contribution in [0.3, 0.4) is 0 Å². The van der Waals surface area contributed by atoms with E-state index in [4.69, 9.17) is 11.6 Å². The lowest BCUT2D eigenvalue weighted by atomic mass is 9.57. The zero-order valence-electron chi connectivity index (χ0n) is 18.3. The Morgan fingerprint density at radius 2 is 1.82 bits per heavy atom. The minimum atomic E-state index is -1.73. The maximum atomic E-state index is 14.6. The molecule has 4 fully saturated rings. The first-order valence-corrected chi connectivity index (χ1v) is 12.2. The van der Waals surface area contributed by atoms with Crippen molar-refractivity contribution in [2.24, 2.45) is 11.3 Å². The Balaban J connectivity index is 1.17. The van der Waals surface area contributed by atoms with Gasteiger partial charge in [0, 0.05) is 41.9 Å². The van der Waals surface area contributed by atoms with Crippen LogP contribution in [0, 0.1) is 11.3 Å². The van der Waals surface area contributed by atoms with Crippen LogP contribution < -0.4 is 0 Å². The van der Waals surface area contributed by atoms with Crippen molar-refractivity contribution in [2.45, 2.75) is 63.2 Å². The molecule has 3 aliphatic carbocycles. The molecule has 3 saturated carbocycles. The first-order valence-electron chi connectivity index (χ1n) is 11.8. The predicted molar refractivity (Wildman–Crippen MR) is 117 cm³/mol. The van der Waals surface area contributed by atoms with Gasteiger partial charge in [-0.2, -0.15) is 0 Å². The molecule has 1 aromatic carbocycles. The summed E-state index contributed by atoms with van der Waals surface area (Å²) in [7, 11) is 0. The number of likely N-dealkylation sites (tertiary alicyclic amines) is 1. The fraction of sp³-hybridized carbons (Fsp3) is 0.583. The van der Waals surface area contributed by atoms with Crippen molar-refractivity contribution in [3.8, 4) is 5.69 Å². The van der Waals surface area contributed by atoms with Gasteiger partial charge < -0.3 is 9.80 Å². The normalized spacial score (nSPS) is 24.4. The summed E-state index contributed by atoms with van der Waals surface area (Å²) in [6.45, 7) is 2.24. The van der Waals surface area contributed by atoms with Crippen molar-refractivity contribution in [2.75, 3.05) is 13.1 Å². The molecule has 7 rings (SSSR count). The smallest absolute Gasteiger partial charge is 0.260 e. The van der Waals surface area contributed by atoms with E-state index in [0.29, 0.717) is 23.3 Å². The third kappa shape index (κ3) is 3.06. The number of fused-ring (bicyclic) bond motifs is 3. The second-order valence-corrected chi connectivity index (χ2v) is 11.2. The van der Waals surface area contributed by atoms with Crippen LogP contribution in [-0.2, 0) is 22.7 Å². The first-order chi connectivity index (χ1) is 15.8. The summed E-state index contributed by atoms with van der Waals surface area (Å²) in [6, 6.07) is 5.63. The number of hydrogen-bond acceptors (Lipinski definition) is 4. The van der Waals surface area contributed by atoms with E-state index < -0.39 is 11.6 Å². The van der Waals surface area contributed by atoms with E-state index >= 15 is 0 Å². The van der Waals surface area contributed by atoms with Gasteiger partial charge in [0.1, 0.15) is 5.82 Å². The number of hydrogen-bond donors (Lipinski definition) is 0. The second-order valence-electron chi connectivity index (χ2n) is 10.8. The van der Waals surface area contributed by atoms with Crippen molar-refractivity contribution in [3.63, 3.8) is 0 Å². The summed E-state index contributed by atoms with van der Waals surface area (Å²) in [6.07, 6.45) is 4.63. The summed E-state index contributed by atoms with van der Waals surface area (Å²) in [5, 5.41) is 9.56. The number of aromatic nitrogens is 3. The monoisotopic (exact) mass is 469 g/mol. The maximum Gasteiger partial charge on any atom is 0.260 e. The summed E-state index contributed by atoms with van der Waals surface area (Å²) in [4.78, 5) is 28.7. The molecule has 1 saturated heterocycles. The molecular formula is C24H25ClFN5O2. The minimum absolute atomic E-state index is 0.212. The molecule has 0 N–H and O–H groups in total. The molecule has 0 unspecified atom stereocenters. The molecule has 33 heavy (non-hydrogen) atoms. The number of alkyl halides is 1. The van der Waals surface area contributed by atoms with Crippen LogP contribution in [0.2, 0.25) is 5.02 Å². The number of benzene rings is 1. The molecule has 2 amide bonds. The average molecular weight is 470 g/mol. The van der Waals surface area contributed by atoms with Crippen LogP contribution in [-0.4, -0.2) is 55.1 Å². The topological polar surface area (TPSA) is 71.3 Å². The van der Waals surface area contributed by atoms with Gasteiger partial charge in [-0.25, -0.2) is 4.39 Å². The second kappa shape index (κ2) is 6.56. The Kier molecular flexibility index (Phi) is 3.96. The Labute approximate surface area is 195 Å². The third-order valence-corrected chi connectivity index (χ3v) is 8.34. The van der Waals surface area contributed by atoms with Gasteiger partial charge in [0.2, 0.25) is 5.91 Å². The molecular weight excluding hydrogens is 445 g/mol. The van der Waals surface area contributed by atoms with Crippen molar-refractivity contribution in [1.82, 2.24) is 24.6 Å². The molecule has 0 atom stereocenters. The van der Waals surface area contributed by atoms with Crippen LogP contribution in [0.4, 0.5) is 4.39 Å². The Hall–Kier alpha value is -2.48. The molecule has 1 aromatic heterocycles. The Bertz CT molecular complexity index is 1190. The third-order valence-electron chi connectivity index (χ3n) is 8.11. The summed E-state index contributed by atoms with van der Waals surface area (Å²) in [5.74, 6) is 1.94. The van der Waals surface area contributed by atoms with Crippen molar-refractivity contribution in [3.05, 3.63) is 40.4 Å². The van der Waals surface area contributed by atoms with Gasteiger partial charge in [0.25, 0.3) is 5.91 Å². The van der Waals surface area contributed by atoms with Crippen LogP contribution >= 0.6 is 11.6 Å². The molecule has 9 heteroatoms. The van der Waals surface area contributed by atoms with Crippen molar-refractivity contribution >= 4 is 23.4 Å². The molecule has 172 valence electrons. The highest BCUT2D eigenvalue weighted by Gasteiger charge is 2.57. The number of rotatable bonds is 3. The molecule has 0 radical (unpaired) electrons. The number of carbonyl (C=O) groups is 2. The van der Waals surface area contributed by atoms with Gasteiger partial charge in [-0.3, -0.25) is 14.2 Å². The molecule has 0 bridgehead atoms. The lowest BCUT2D eigenvalue weighted by molar-refractivity contribution is -0.153. The molecule has 2 aromatic rings. The van der Waals surface area contributed by atoms with Crippen LogP contribution in [0.25, 0.3) is 5.69 Å². The fourth-order valence-corrected chi connectivity index (χ4v) is 6.17. The summed E-state index contributed by atoms with van der Waals surface area (Å²) in [5.41, 5.74) is 0.266. The number of carbonyl (C=O) groups excluding carboxylic acids is 2. The lowest BCUT2D eigenvalue weighted by Crippen LogP contribution is -2.63. The van der Waals surface area contributed by atoms with Crippen LogP contribution in [0.5, 0.6) is 0 Å². The standard InChI is InChI=1S/C24H25ClFN5O2/c25-17-3-4-18-15(7-17)10-29(22(33)24(26)5-6-24)11-19-27-28-20(31(18)19)16-8-23(9-16)12-30(13-23)21(32)14-1-2-14/h3-4,7,14,16H,1-2,5-6,8-13H2. The van der Waals surface area contributed by atoms with E-state index in [0.717, 1.165) is 55.8 Å². The number of amides is 2. The van der Waals surface area contributed by atoms with Gasteiger partial charge in [-0.15, -0.1) is 10.2 Å². The van der Waals surface area contributed by atoms with E-state index in [1.807, 2.05) is 23.1 Å². The summed E-state index contributed by atoms with van der Waals surface area (Å²) < 4.78 is 16.7. The Morgan fingerprint density at radius 1 is 1.06 bits per heavy atom. The highest BCUT2D eigenvalue weighted by Crippen LogP contribution is 2.57. The van der Waals surface area contributed by atoms with Gasteiger partial charge in [0.05, 0.1) is 12.2 Å². The zero-order valence-corrected chi connectivity index (χ0v) is 19.0. The van der Waals surface area contributed by atoms with E-state index in [-0.39, 0.29) is 36.6 Å². The maximum absolute atomic E-state index is 14.6. The predicted octanol–water partition coefficient (Wildman–Crippen LogP) is 3.38. The molecule has 3 heterocycles. The van der Waals surface area contributed by atoms with Crippen LogP contribution in [0.1, 0.15) is 61.7 Å². The molecule has 5 aliphatic rings. The highest BCUT2D eigenvalue weighted by atomic mass is 35.5. The van der Waals surface area contributed by atoms with Gasteiger partial charge in [0.15, 0.2) is 11.5 Å². The quantitative estimate of drug-likeness (QED) is 0.691.